The zero-order chi connectivity index (χ0) is 14.6. The van der Waals surface area contributed by atoms with Crippen LogP contribution in [0.25, 0.3) is 0 Å². The summed E-state index contributed by atoms with van der Waals surface area (Å²) in [7, 11) is -1.36. The quantitative estimate of drug-likeness (QED) is 0.852. The lowest BCUT2D eigenvalue weighted by Gasteiger charge is -2.15. The van der Waals surface area contributed by atoms with Crippen LogP contribution in [0, 0.1) is 6.92 Å². The summed E-state index contributed by atoms with van der Waals surface area (Å²) >= 11 is 0. The van der Waals surface area contributed by atoms with Gasteiger partial charge in [-0.15, -0.1) is 0 Å². The maximum absolute atomic E-state index is 12.1. The normalized spacial score (nSPS) is 12.8. The molecule has 0 spiro atoms. The lowest BCUT2D eigenvalue weighted by atomic mass is 10.1. The van der Waals surface area contributed by atoms with E-state index in [9.17, 15) is 13.2 Å². The number of benzene rings is 1. The van der Waals surface area contributed by atoms with Gasteiger partial charge in [0, 0.05) is 25.0 Å². The summed E-state index contributed by atoms with van der Waals surface area (Å²) in [4.78, 5) is 12.1. The molecule has 2 N–H and O–H groups in total. The minimum atomic E-state index is -3.10. The van der Waals surface area contributed by atoms with E-state index in [-0.39, 0.29) is 11.7 Å². The summed E-state index contributed by atoms with van der Waals surface area (Å²) in [6, 6.07) is 5.02. The van der Waals surface area contributed by atoms with E-state index in [0.29, 0.717) is 5.56 Å². The molecule has 1 unspecified atom stereocenters. The van der Waals surface area contributed by atoms with Crippen LogP contribution in [0.2, 0.25) is 0 Å². The summed E-state index contributed by atoms with van der Waals surface area (Å²) in [6.45, 7) is 3.61. The smallest absolute Gasteiger partial charge is 0.253 e. The first-order chi connectivity index (χ1) is 8.73. The van der Waals surface area contributed by atoms with E-state index < -0.39 is 15.9 Å². The zero-order valence-electron chi connectivity index (χ0n) is 11.6. The van der Waals surface area contributed by atoms with E-state index in [0.717, 1.165) is 17.5 Å². The molecular formula is C13H20N2O3S. The van der Waals surface area contributed by atoms with E-state index in [1.54, 1.807) is 20.0 Å². The van der Waals surface area contributed by atoms with Crippen LogP contribution in [0.4, 0.5) is 5.69 Å². The van der Waals surface area contributed by atoms with Crippen LogP contribution >= 0.6 is 0 Å². The molecule has 5 nitrogen and oxygen atoms in total. The van der Waals surface area contributed by atoms with Gasteiger partial charge in [-0.2, -0.15) is 0 Å². The molecule has 19 heavy (non-hydrogen) atoms. The van der Waals surface area contributed by atoms with Crippen LogP contribution in [-0.2, 0) is 9.84 Å². The maximum atomic E-state index is 12.1. The molecule has 1 aromatic rings. The number of carbonyl (C=O) groups is 1. The highest BCUT2D eigenvalue weighted by atomic mass is 32.2. The van der Waals surface area contributed by atoms with E-state index in [1.807, 2.05) is 19.1 Å². The van der Waals surface area contributed by atoms with Crippen molar-refractivity contribution in [3.8, 4) is 0 Å². The van der Waals surface area contributed by atoms with Crippen LogP contribution < -0.4 is 10.6 Å². The Morgan fingerprint density at radius 2 is 2.00 bits per heavy atom. The summed E-state index contributed by atoms with van der Waals surface area (Å²) in [6.07, 6.45) is 1.15. The molecule has 0 aromatic heterocycles. The van der Waals surface area contributed by atoms with Gasteiger partial charge in [0.15, 0.2) is 0 Å². The minimum absolute atomic E-state index is 0.0700. The fraction of sp³-hybridized carbons (Fsp3) is 0.462. The molecular weight excluding hydrogens is 264 g/mol. The Kier molecular flexibility index (Phi) is 4.94. The number of hydrogen-bond donors (Lipinski definition) is 2. The summed E-state index contributed by atoms with van der Waals surface area (Å²) in [5, 5.41) is 5.65. The van der Waals surface area contributed by atoms with Gasteiger partial charge in [-0.3, -0.25) is 4.79 Å². The fourth-order valence-electron chi connectivity index (χ4n) is 1.86. The molecule has 0 heterocycles. The third kappa shape index (κ3) is 4.90. The number of anilines is 1. The molecule has 0 radical (unpaired) electrons. The molecule has 1 amide bonds. The molecule has 1 atom stereocenters. The number of hydrogen-bond acceptors (Lipinski definition) is 4. The molecule has 1 aromatic carbocycles. The van der Waals surface area contributed by atoms with Gasteiger partial charge in [-0.25, -0.2) is 8.42 Å². The Morgan fingerprint density at radius 1 is 1.37 bits per heavy atom. The Bertz CT molecular complexity index is 567. The molecule has 0 fully saturated rings. The Hall–Kier alpha value is -1.56. The van der Waals surface area contributed by atoms with Gasteiger partial charge >= 0.3 is 0 Å². The van der Waals surface area contributed by atoms with E-state index in [1.165, 1.54) is 0 Å². The topological polar surface area (TPSA) is 75.3 Å². The first kappa shape index (κ1) is 15.5. The molecule has 0 saturated carbocycles. The first-order valence-electron chi connectivity index (χ1n) is 6.00. The second-order valence-electron chi connectivity index (χ2n) is 4.77. The highest BCUT2D eigenvalue weighted by molar-refractivity contribution is 7.90. The zero-order valence-corrected chi connectivity index (χ0v) is 12.5. The second kappa shape index (κ2) is 6.06. The van der Waals surface area contributed by atoms with Crippen molar-refractivity contribution in [3.05, 3.63) is 29.3 Å². The average molecular weight is 284 g/mol. The van der Waals surface area contributed by atoms with Crippen LogP contribution in [-0.4, -0.2) is 39.4 Å². The van der Waals surface area contributed by atoms with Crippen molar-refractivity contribution < 1.29 is 13.2 Å². The number of nitrogens with one attached hydrogen (secondary N) is 2. The third-order valence-corrected chi connectivity index (χ3v) is 3.72. The maximum Gasteiger partial charge on any atom is 0.253 e. The minimum Gasteiger partial charge on any atom is -0.387 e. The van der Waals surface area contributed by atoms with Gasteiger partial charge in [0.2, 0.25) is 0 Å². The van der Waals surface area contributed by atoms with Crippen molar-refractivity contribution in [2.24, 2.45) is 0 Å². The Balaban J connectivity index is 2.84. The SMILES string of the molecule is CNc1cc(C)ccc1C(=O)NC(C)CS(C)(=O)=O. The predicted octanol–water partition coefficient (Wildman–Crippen LogP) is 1.20. The summed E-state index contributed by atoms with van der Waals surface area (Å²) < 4.78 is 22.3. The van der Waals surface area contributed by atoms with Crippen molar-refractivity contribution in [1.82, 2.24) is 5.32 Å². The summed E-state index contributed by atoms with van der Waals surface area (Å²) in [5.41, 5.74) is 2.28. The van der Waals surface area contributed by atoms with Gasteiger partial charge < -0.3 is 10.6 Å². The van der Waals surface area contributed by atoms with Gasteiger partial charge in [-0.05, 0) is 31.5 Å². The number of rotatable bonds is 5. The third-order valence-electron chi connectivity index (χ3n) is 2.62. The predicted molar refractivity (Wildman–Crippen MR) is 77.4 cm³/mol. The molecule has 0 saturated heterocycles. The van der Waals surface area contributed by atoms with E-state index in [4.69, 9.17) is 0 Å². The molecule has 1 rings (SSSR count). The highest BCUT2D eigenvalue weighted by Gasteiger charge is 2.16. The van der Waals surface area contributed by atoms with Crippen molar-refractivity contribution >= 4 is 21.4 Å². The fourth-order valence-corrected chi connectivity index (χ4v) is 2.85. The molecule has 0 aliphatic heterocycles. The molecule has 0 aliphatic rings. The Labute approximate surface area is 114 Å². The van der Waals surface area contributed by atoms with Gasteiger partial charge in [-0.1, -0.05) is 6.07 Å². The largest absolute Gasteiger partial charge is 0.387 e. The standard InChI is InChI=1S/C13H20N2O3S/c1-9-5-6-11(12(7-9)14-3)13(16)15-10(2)8-19(4,17)18/h5-7,10,14H,8H2,1-4H3,(H,15,16). The lowest BCUT2D eigenvalue weighted by Crippen LogP contribution is -2.37. The number of sulfone groups is 1. The monoisotopic (exact) mass is 284 g/mol. The van der Waals surface area contributed by atoms with Crippen molar-refractivity contribution in [3.63, 3.8) is 0 Å². The molecule has 0 bridgehead atoms. The molecule has 0 aliphatic carbocycles. The second-order valence-corrected chi connectivity index (χ2v) is 6.95. The number of aryl methyl sites for hydroxylation is 1. The van der Waals surface area contributed by atoms with Gasteiger partial charge in [0.25, 0.3) is 5.91 Å². The van der Waals surface area contributed by atoms with E-state index >= 15 is 0 Å². The van der Waals surface area contributed by atoms with Crippen molar-refractivity contribution in [2.75, 3.05) is 24.4 Å². The lowest BCUT2D eigenvalue weighted by molar-refractivity contribution is 0.0944. The van der Waals surface area contributed by atoms with Crippen LogP contribution in [0.1, 0.15) is 22.8 Å². The van der Waals surface area contributed by atoms with Crippen LogP contribution in [0.5, 0.6) is 0 Å². The van der Waals surface area contributed by atoms with Crippen LogP contribution in [0.15, 0.2) is 18.2 Å². The average Bonchev–Trinajstić information content (AvgIpc) is 2.25. The summed E-state index contributed by atoms with van der Waals surface area (Å²) in [5.74, 6) is -0.347. The van der Waals surface area contributed by atoms with Crippen LogP contribution in [0.3, 0.4) is 0 Å². The van der Waals surface area contributed by atoms with Gasteiger partial charge in [0.05, 0.1) is 11.3 Å². The molecule has 6 heteroatoms. The number of amides is 1. The van der Waals surface area contributed by atoms with Crippen molar-refractivity contribution in [1.29, 1.82) is 0 Å². The number of carbonyl (C=O) groups excluding carboxylic acids is 1. The van der Waals surface area contributed by atoms with Gasteiger partial charge in [0.1, 0.15) is 9.84 Å². The highest BCUT2D eigenvalue weighted by Crippen LogP contribution is 2.17. The first-order valence-corrected chi connectivity index (χ1v) is 8.06. The Morgan fingerprint density at radius 3 is 2.53 bits per heavy atom. The van der Waals surface area contributed by atoms with Crippen molar-refractivity contribution in [2.45, 2.75) is 19.9 Å². The molecule has 106 valence electrons. The van der Waals surface area contributed by atoms with E-state index in [2.05, 4.69) is 10.6 Å².